The Labute approximate surface area is 139 Å². The fourth-order valence-electron chi connectivity index (χ4n) is 2.63. The first kappa shape index (κ1) is 16.0. The maximum absolute atomic E-state index is 12.3. The molecule has 3 rings (SSSR count). The lowest BCUT2D eigenvalue weighted by Gasteiger charge is -2.18. The van der Waals surface area contributed by atoms with Gasteiger partial charge >= 0.3 is 6.09 Å². The number of hydrogen-bond acceptors (Lipinski definition) is 5. The Hall–Kier alpha value is -2.83. The van der Waals surface area contributed by atoms with Gasteiger partial charge in [-0.15, -0.1) is 0 Å². The van der Waals surface area contributed by atoms with Crippen molar-refractivity contribution < 1.29 is 18.8 Å². The molecule has 24 heavy (non-hydrogen) atoms. The third kappa shape index (κ3) is 3.10. The minimum Gasteiger partial charge on any atom is -0.447 e. The zero-order valence-corrected chi connectivity index (χ0v) is 13.6. The van der Waals surface area contributed by atoms with E-state index in [0.29, 0.717) is 25.3 Å². The maximum Gasteiger partial charge on any atom is 0.414 e. The Morgan fingerprint density at radius 2 is 2.29 bits per heavy atom. The highest BCUT2D eigenvalue weighted by atomic mass is 16.6. The van der Waals surface area contributed by atoms with Crippen molar-refractivity contribution in [3.63, 3.8) is 0 Å². The molecule has 2 heterocycles. The molecule has 0 bridgehead atoms. The van der Waals surface area contributed by atoms with Crippen LogP contribution in [0.1, 0.15) is 41.5 Å². The standard InChI is InChI=1S/C17H19N3O4/c1-3-12-10-24-19-15(12)16(21)18-11(2)13-5-4-6-14(9-13)20-7-8-23-17(20)22/h4-6,9-11H,3,7-8H2,1-2H3,(H,18,21). The lowest BCUT2D eigenvalue weighted by Crippen LogP contribution is -2.28. The molecule has 0 saturated carbocycles. The van der Waals surface area contributed by atoms with E-state index in [1.165, 1.54) is 6.26 Å². The number of benzene rings is 1. The Balaban J connectivity index is 1.74. The molecule has 1 aromatic heterocycles. The number of ether oxygens (including phenoxy) is 1. The lowest BCUT2D eigenvalue weighted by atomic mass is 10.1. The second-order valence-corrected chi connectivity index (χ2v) is 5.60. The number of rotatable bonds is 5. The normalized spacial score (nSPS) is 15.2. The van der Waals surface area contributed by atoms with Crippen LogP contribution in [0.2, 0.25) is 0 Å². The summed E-state index contributed by atoms with van der Waals surface area (Å²) in [6.45, 7) is 4.74. The van der Waals surface area contributed by atoms with Crippen molar-refractivity contribution in [1.82, 2.24) is 10.5 Å². The van der Waals surface area contributed by atoms with Crippen molar-refractivity contribution in [1.29, 1.82) is 0 Å². The van der Waals surface area contributed by atoms with Crippen LogP contribution in [0.15, 0.2) is 35.1 Å². The molecule has 1 atom stereocenters. The SMILES string of the molecule is CCc1conc1C(=O)NC(C)c1cccc(N2CCOC2=O)c1. The van der Waals surface area contributed by atoms with E-state index < -0.39 is 0 Å². The summed E-state index contributed by atoms with van der Waals surface area (Å²) in [7, 11) is 0. The highest BCUT2D eigenvalue weighted by Crippen LogP contribution is 2.23. The van der Waals surface area contributed by atoms with E-state index in [9.17, 15) is 9.59 Å². The molecule has 0 spiro atoms. The summed E-state index contributed by atoms with van der Waals surface area (Å²) in [5, 5.41) is 6.67. The van der Waals surface area contributed by atoms with Crippen LogP contribution in [-0.4, -0.2) is 30.3 Å². The maximum atomic E-state index is 12.3. The first-order chi connectivity index (χ1) is 11.6. The van der Waals surface area contributed by atoms with Gasteiger partial charge in [0.2, 0.25) is 0 Å². The molecule has 1 aliphatic heterocycles. The predicted octanol–water partition coefficient (Wildman–Crippen LogP) is 2.68. The van der Waals surface area contributed by atoms with Crippen LogP contribution >= 0.6 is 0 Å². The summed E-state index contributed by atoms with van der Waals surface area (Å²) in [5.41, 5.74) is 2.73. The van der Waals surface area contributed by atoms with Crippen LogP contribution in [0.25, 0.3) is 0 Å². The minimum atomic E-state index is -0.348. The molecule has 126 valence electrons. The summed E-state index contributed by atoms with van der Waals surface area (Å²) < 4.78 is 9.83. The zero-order chi connectivity index (χ0) is 17.1. The molecular formula is C17H19N3O4. The van der Waals surface area contributed by atoms with Gasteiger partial charge in [-0.25, -0.2) is 4.79 Å². The number of carbonyl (C=O) groups excluding carboxylic acids is 2. The second kappa shape index (κ2) is 6.74. The van der Waals surface area contributed by atoms with Crippen LogP contribution in [0.5, 0.6) is 0 Å². The molecule has 0 radical (unpaired) electrons. The fourth-order valence-corrected chi connectivity index (χ4v) is 2.63. The number of carbonyl (C=O) groups is 2. The summed E-state index contributed by atoms with van der Waals surface area (Å²) >= 11 is 0. The van der Waals surface area contributed by atoms with E-state index in [1.54, 1.807) is 4.90 Å². The highest BCUT2D eigenvalue weighted by Gasteiger charge is 2.24. The molecule has 2 amide bonds. The Morgan fingerprint density at radius 3 is 3.00 bits per heavy atom. The van der Waals surface area contributed by atoms with E-state index >= 15 is 0 Å². The quantitative estimate of drug-likeness (QED) is 0.911. The van der Waals surface area contributed by atoms with Crippen molar-refractivity contribution in [3.05, 3.63) is 47.3 Å². The van der Waals surface area contributed by atoms with Crippen molar-refractivity contribution in [3.8, 4) is 0 Å². The molecule has 7 heteroatoms. The molecule has 1 aromatic carbocycles. The number of hydrogen-bond donors (Lipinski definition) is 1. The average Bonchev–Trinajstić information content (AvgIpc) is 3.23. The van der Waals surface area contributed by atoms with E-state index in [-0.39, 0.29) is 18.0 Å². The number of anilines is 1. The van der Waals surface area contributed by atoms with E-state index in [0.717, 1.165) is 16.8 Å². The smallest absolute Gasteiger partial charge is 0.414 e. The number of aryl methyl sites for hydroxylation is 1. The molecule has 2 aromatic rings. The molecule has 1 saturated heterocycles. The zero-order valence-electron chi connectivity index (χ0n) is 13.6. The van der Waals surface area contributed by atoms with E-state index in [4.69, 9.17) is 9.26 Å². The third-order valence-corrected chi connectivity index (χ3v) is 4.03. The molecular weight excluding hydrogens is 310 g/mol. The Kier molecular flexibility index (Phi) is 4.50. The molecule has 1 unspecified atom stereocenters. The van der Waals surface area contributed by atoms with Gasteiger partial charge < -0.3 is 14.6 Å². The largest absolute Gasteiger partial charge is 0.447 e. The van der Waals surface area contributed by atoms with Gasteiger partial charge in [-0.2, -0.15) is 0 Å². The second-order valence-electron chi connectivity index (χ2n) is 5.60. The molecule has 1 N–H and O–H groups in total. The highest BCUT2D eigenvalue weighted by molar-refractivity contribution is 5.94. The Morgan fingerprint density at radius 1 is 1.46 bits per heavy atom. The van der Waals surface area contributed by atoms with E-state index in [1.807, 2.05) is 38.1 Å². The van der Waals surface area contributed by atoms with Gasteiger partial charge in [-0.05, 0) is 31.0 Å². The van der Waals surface area contributed by atoms with Crippen LogP contribution in [0, 0.1) is 0 Å². The molecule has 1 aliphatic rings. The number of amides is 2. The van der Waals surface area contributed by atoms with Gasteiger partial charge in [0.25, 0.3) is 5.91 Å². The number of aromatic nitrogens is 1. The Bertz CT molecular complexity index is 756. The van der Waals surface area contributed by atoms with Gasteiger partial charge in [0.15, 0.2) is 5.69 Å². The third-order valence-electron chi connectivity index (χ3n) is 4.03. The fraction of sp³-hybridized carbons (Fsp3) is 0.353. The number of cyclic esters (lactones) is 1. The molecule has 0 aliphatic carbocycles. The summed E-state index contributed by atoms with van der Waals surface area (Å²) in [6, 6.07) is 7.24. The predicted molar refractivity (Wildman–Crippen MR) is 86.9 cm³/mol. The topological polar surface area (TPSA) is 84.7 Å². The van der Waals surface area contributed by atoms with Crippen LogP contribution in [-0.2, 0) is 11.2 Å². The van der Waals surface area contributed by atoms with Crippen LogP contribution in [0.4, 0.5) is 10.5 Å². The van der Waals surface area contributed by atoms with Gasteiger partial charge in [0, 0.05) is 11.3 Å². The monoisotopic (exact) mass is 329 g/mol. The lowest BCUT2D eigenvalue weighted by molar-refractivity contribution is 0.0930. The van der Waals surface area contributed by atoms with Gasteiger partial charge in [0.05, 0.1) is 12.6 Å². The average molecular weight is 329 g/mol. The van der Waals surface area contributed by atoms with Gasteiger partial charge in [0.1, 0.15) is 12.9 Å². The van der Waals surface area contributed by atoms with Crippen LogP contribution < -0.4 is 10.2 Å². The minimum absolute atomic E-state index is 0.238. The first-order valence-corrected chi connectivity index (χ1v) is 7.88. The molecule has 7 nitrogen and oxygen atoms in total. The summed E-state index contributed by atoms with van der Waals surface area (Å²) in [6.07, 6.45) is 1.81. The van der Waals surface area contributed by atoms with Crippen molar-refractivity contribution in [2.24, 2.45) is 0 Å². The molecule has 1 fully saturated rings. The van der Waals surface area contributed by atoms with Crippen molar-refractivity contribution >= 4 is 17.7 Å². The van der Waals surface area contributed by atoms with Crippen molar-refractivity contribution in [2.45, 2.75) is 26.3 Å². The first-order valence-electron chi connectivity index (χ1n) is 7.88. The number of nitrogens with zero attached hydrogens (tertiary/aromatic N) is 2. The number of nitrogens with one attached hydrogen (secondary N) is 1. The van der Waals surface area contributed by atoms with Gasteiger partial charge in [-0.1, -0.05) is 24.2 Å². The van der Waals surface area contributed by atoms with E-state index in [2.05, 4.69) is 10.5 Å². The summed E-state index contributed by atoms with van der Waals surface area (Å²) in [5.74, 6) is -0.279. The van der Waals surface area contributed by atoms with Crippen molar-refractivity contribution in [2.75, 3.05) is 18.1 Å². The van der Waals surface area contributed by atoms with Gasteiger partial charge in [-0.3, -0.25) is 9.69 Å². The van der Waals surface area contributed by atoms with Crippen LogP contribution in [0.3, 0.4) is 0 Å². The summed E-state index contributed by atoms with van der Waals surface area (Å²) in [4.78, 5) is 25.6.